The highest BCUT2D eigenvalue weighted by Crippen LogP contribution is 2.17. The zero-order valence-corrected chi connectivity index (χ0v) is 16.2. The van der Waals surface area contributed by atoms with Crippen molar-refractivity contribution in [1.29, 1.82) is 0 Å². The molecule has 9 heteroatoms. The summed E-state index contributed by atoms with van der Waals surface area (Å²) in [4.78, 5) is 39.3. The number of pyridine rings is 1. The van der Waals surface area contributed by atoms with Gasteiger partial charge in [-0.1, -0.05) is 23.7 Å². The molecule has 0 fully saturated rings. The quantitative estimate of drug-likeness (QED) is 0.485. The highest BCUT2D eigenvalue weighted by Gasteiger charge is 2.12. The minimum atomic E-state index is -0.635. The molecule has 1 aromatic carbocycles. The Morgan fingerprint density at radius 1 is 1.14 bits per heavy atom. The molecule has 0 bridgehead atoms. The first-order valence-electron chi connectivity index (χ1n) is 8.56. The van der Waals surface area contributed by atoms with Gasteiger partial charge in [-0.25, -0.2) is 14.6 Å². The summed E-state index contributed by atoms with van der Waals surface area (Å²) in [6, 6.07) is 9.51. The number of urea groups is 1. The third-order valence-electron chi connectivity index (χ3n) is 3.43. The summed E-state index contributed by atoms with van der Waals surface area (Å²) in [6.45, 7) is 3.60. The van der Waals surface area contributed by atoms with Crippen LogP contribution >= 0.6 is 11.6 Å². The molecule has 0 spiro atoms. The van der Waals surface area contributed by atoms with Crippen LogP contribution in [-0.4, -0.2) is 35.5 Å². The van der Waals surface area contributed by atoms with Gasteiger partial charge in [0.1, 0.15) is 0 Å². The van der Waals surface area contributed by atoms with Gasteiger partial charge in [-0.2, -0.15) is 0 Å². The van der Waals surface area contributed by atoms with Crippen LogP contribution in [0.25, 0.3) is 0 Å². The van der Waals surface area contributed by atoms with Crippen LogP contribution in [0.4, 0.5) is 10.5 Å². The Morgan fingerprint density at radius 2 is 1.86 bits per heavy atom. The van der Waals surface area contributed by atoms with Crippen molar-refractivity contribution in [2.75, 3.05) is 11.9 Å². The van der Waals surface area contributed by atoms with Crippen LogP contribution < -0.4 is 16.0 Å². The molecule has 0 unspecified atom stereocenters. The van der Waals surface area contributed by atoms with Crippen LogP contribution in [0.5, 0.6) is 0 Å². The third-order valence-corrected chi connectivity index (χ3v) is 3.73. The summed E-state index contributed by atoms with van der Waals surface area (Å²) >= 11 is 5.85. The van der Waals surface area contributed by atoms with Crippen LogP contribution in [0.1, 0.15) is 29.8 Å². The van der Waals surface area contributed by atoms with Crippen molar-refractivity contribution in [2.24, 2.45) is 0 Å². The van der Waals surface area contributed by atoms with Crippen molar-refractivity contribution in [2.45, 2.75) is 26.4 Å². The van der Waals surface area contributed by atoms with Crippen molar-refractivity contribution in [3.05, 3.63) is 58.9 Å². The Bertz CT molecular complexity index is 840. The standard InChI is InChI=1S/C19H21ClN4O4/c1-12(2)23-19(27)22-10-13-5-7-14(8-6-13)18(26)28-11-16(25)24-15-4-3-9-21-17(15)20/h3-9,12H,10-11H2,1-2H3,(H,24,25)(H2,22,23,27). The van der Waals surface area contributed by atoms with Gasteiger partial charge < -0.3 is 20.7 Å². The number of rotatable bonds is 7. The Kier molecular flexibility index (Phi) is 7.76. The fourth-order valence-electron chi connectivity index (χ4n) is 2.13. The molecule has 1 heterocycles. The molecular weight excluding hydrogens is 384 g/mol. The van der Waals surface area contributed by atoms with Gasteiger partial charge in [0.05, 0.1) is 11.3 Å². The van der Waals surface area contributed by atoms with Crippen molar-refractivity contribution < 1.29 is 19.1 Å². The Labute approximate surface area is 167 Å². The highest BCUT2D eigenvalue weighted by molar-refractivity contribution is 6.32. The van der Waals surface area contributed by atoms with Gasteiger partial charge in [0.15, 0.2) is 11.8 Å². The summed E-state index contributed by atoms with van der Waals surface area (Å²) in [5, 5.41) is 8.09. The van der Waals surface area contributed by atoms with Crippen LogP contribution in [-0.2, 0) is 16.1 Å². The molecule has 0 saturated heterocycles. The van der Waals surface area contributed by atoms with Crippen LogP contribution in [0.3, 0.4) is 0 Å². The molecular formula is C19H21ClN4O4. The summed E-state index contributed by atoms with van der Waals surface area (Å²) in [6.07, 6.45) is 1.49. The zero-order valence-electron chi connectivity index (χ0n) is 15.5. The van der Waals surface area contributed by atoms with E-state index < -0.39 is 18.5 Å². The SMILES string of the molecule is CC(C)NC(=O)NCc1ccc(C(=O)OCC(=O)Nc2cccnc2Cl)cc1. The van der Waals surface area contributed by atoms with Gasteiger partial charge in [-0.15, -0.1) is 0 Å². The number of aromatic nitrogens is 1. The van der Waals surface area contributed by atoms with Gasteiger partial charge in [0.2, 0.25) is 0 Å². The number of hydrogen-bond acceptors (Lipinski definition) is 5. The molecule has 8 nitrogen and oxygen atoms in total. The van der Waals surface area contributed by atoms with E-state index in [2.05, 4.69) is 20.9 Å². The molecule has 2 aromatic rings. The van der Waals surface area contributed by atoms with Gasteiger partial charge in [0.25, 0.3) is 5.91 Å². The number of esters is 1. The lowest BCUT2D eigenvalue weighted by Crippen LogP contribution is -2.39. The Balaban J connectivity index is 1.80. The van der Waals surface area contributed by atoms with E-state index in [0.717, 1.165) is 5.56 Å². The predicted molar refractivity (Wildman–Crippen MR) is 105 cm³/mol. The molecule has 28 heavy (non-hydrogen) atoms. The number of carbonyl (C=O) groups excluding carboxylic acids is 3. The molecule has 148 valence electrons. The minimum absolute atomic E-state index is 0.0449. The molecule has 0 atom stereocenters. The van der Waals surface area contributed by atoms with Crippen molar-refractivity contribution in [1.82, 2.24) is 15.6 Å². The first kappa shape index (κ1) is 21.2. The Morgan fingerprint density at radius 3 is 2.50 bits per heavy atom. The zero-order chi connectivity index (χ0) is 20.5. The van der Waals surface area contributed by atoms with Crippen LogP contribution in [0.2, 0.25) is 5.15 Å². The van der Waals surface area contributed by atoms with Gasteiger partial charge in [-0.3, -0.25) is 4.79 Å². The number of amides is 3. The average Bonchev–Trinajstić information content (AvgIpc) is 2.66. The summed E-state index contributed by atoms with van der Waals surface area (Å²) < 4.78 is 4.99. The van der Waals surface area contributed by atoms with E-state index in [9.17, 15) is 14.4 Å². The number of halogens is 1. The van der Waals surface area contributed by atoms with E-state index in [4.69, 9.17) is 16.3 Å². The first-order chi connectivity index (χ1) is 13.3. The average molecular weight is 405 g/mol. The lowest BCUT2D eigenvalue weighted by atomic mass is 10.1. The summed E-state index contributed by atoms with van der Waals surface area (Å²) in [5.74, 6) is -1.16. The van der Waals surface area contributed by atoms with E-state index in [1.165, 1.54) is 6.20 Å². The lowest BCUT2D eigenvalue weighted by molar-refractivity contribution is -0.119. The van der Waals surface area contributed by atoms with Gasteiger partial charge in [0, 0.05) is 18.8 Å². The maximum atomic E-state index is 12.0. The van der Waals surface area contributed by atoms with Crippen LogP contribution in [0, 0.1) is 0 Å². The van der Waals surface area contributed by atoms with E-state index >= 15 is 0 Å². The lowest BCUT2D eigenvalue weighted by Gasteiger charge is -2.10. The number of ether oxygens (including phenoxy) is 1. The number of nitrogens with zero attached hydrogens (tertiary/aromatic N) is 1. The van der Waals surface area contributed by atoms with E-state index in [-0.39, 0.29) is 17.2 Å². The fourth-order valence-corrected chi connectivity index (χ4v) is 2.30. The molecule has 0 aliphatic rings. The topological polar surface area (TPSA) is 109 Å². The van der Waals surface area contributed by atoms with Crippen molar-refractivity contribution >= 4 is 35.2 Å². The molecule has 3 amide bonds. The molecule has 2 rings (SSSR count). The molecule has 0 aliphatic carbocycles. The highest BCUT2D eigenvalue weighted by atomic mass is 35.5. The maximum Gasteiger partial charge on any atom is 0.338 e. The largest absolute Gasteiger partial charge is 0.452 e. The normalized spacial score (nSPS) is 10.3. The summed E-state index contributed by atoms with van der Waals surface area (Å²) in [7, 11) is 0. The second kappa shape index (κ2) is 10.3. The smallest absolute Gasteiger partial charge is 0.338 e. The molecule has 0 radical (unpaired) electrons. The van der Waals surface area contributed by atoms with Crippen molar-refractivity contribution in [3.8, 4) is 0 Å². The number of hydrogen-bond donors (Lipinski definition) is 3. The maximum absolute atomic E-state index is 12.0. The van der Waals surface area contributed by atoms with E-state index in [1.54, 1.807) is 36.4 Å². The van der Waals surface area contributed by atoms with Crippen molar-refractivity contribution in [3.63, 3.8) is 0 Å². The second-order valence-corrected chi connectivity index (χ2v) is 6.50. The molecule has 1 aromatic heterocycles. The van der Waals surface area contributed by atoms with Gasteiger partial charge >= 0.3 is 12.0 Å². The minimum Gasteiger partial charge on any atom is -0.452 e. The fraction of sp³-hybridized carbons (Fsp3) is 0.263. The summed E-state index contributed by atoms with van der Waals surface area (Å²) in [5.41, 5.74) is 1.45. The monoisotopic (exact) mass is 404 g/mol. The predicted octanol–water partition coefficient (Wildman–Crippen LogP) is 2.74. The van der Waals surface area contributed by atoms with Crippen LogP contribution in [0.15, 0.2) is 42.6 Å². The number of carbonyl (C=O) groups is 3. The molecule has 0 aliphatic heterocycles. The molecule has 0 saturated carbocycles. The molecule has 3 N–H and O–H groups in total. The van der Waals surface area contributed by atoms with E-state index in [1.807, 2.05) is 13.8 Å². The number of nitrogens with one attached hydrogen (secondary N) is 3. The second-order valence-electron chi connectivity index (χ2n) is 6.14. The third kappa shape index (κ3) is 6.88. The number of benzene rings is 1. The first-order valence-corrected chi connectivity index (χ1v) is 8.93. The van der Waals surface area contributed by atoms with Gasteiger partial charge in [-0.05, 0) is 43.7 Å². The van der Waals surface area contributed by atoms with E-state index in [0.29, 0.717) is 17.8 Å². The Hall–Kier alpha value is -3.13. The number of anilines is 1.